The summed E-state index contributed by atoms with van der Waals surface area (Å²) >= 11 is 0. The van der Waals surface area contributed by atoms with Crippen LogP contribution in [0.1, 0.15) is 21.5 Å². The van der Waals surface area contributed by atoms with Crippen LogP contribution in [-0.2, 0) is 6.61 Å². The van der Waals surface area contributed by atoms with Crippen molar-refractivity contribution in [3.05, 3.63) is 108 Å². The molecule has 0 spiro atoms. The second-order valence-corrected chi connectivity index (χ2v) is 6.44. The predicted octanol–water partition coefficient (Wildman–Crippen LogP) is 4.58. The molecule has 0 aliphatic heterocycles. The second-order valence-electron chi connectivity index (χ2n) is 6.44. The van der Waals surface area contributed by atoms with Gasteiger partial charge in [-0.15, -0.1) is 0 Å². The van der Waals surface area contributed by atoms with Crippen LogP contribution in [0.3, 0.4) is 0 Å². The fraction of sp³-hybridized carbons (Fsp3) is 0.0417. The van der Waals surface area contributed by atoms with Crippen molar-refractivity contribution in [2.24, 2.45) is 5.10 Å². The molecule has 5 heteroatoms. The quantitative estimate of drug-likeness (QED) is 0.393. The zero-order chi connectivity index (χ0) is 19.9. The van der Waals surface area contributed by atoms with Gasteiger partial charge in [-0.1, -0.05) is 42.5 Å². The van der Waals surface area contributed by atoms with Crippen molar-refractivity contribution in [2.45, 2.75) is 6.61 Å². The number of pyridine rings is 1. The topological polar surface area (TPSA) is 63.6 Å². The highest BCUT2D eigenvalue weighted by Gasteiger charge is 2.03. The molecule has 0 saturated heterocycles. The monoisotopic (exact) mass is 381 g/mol. The molecule has 4 rings (SSSR count). The maximum absolute atomic E-state index is 11.9. The molecule has 1 aromatic heterocycles. The third-order valence-electron chi connectivity index (χ3n) is 4.46. The Morgan fingerprint density at radius 2 is 1.79 bits per heavy atom. The Balaban J connectivity index is 1.35. The van der Waals surface area contributed by atoms with Crippen LogP contribution in [0.4, 0.5) is 0 Å². The molecule has 5 nitrogen and oxygen atoms in total. The first-order chi connectivity index (χ1) is 14.3. The van der Waals surface area contributed by atoms with Crippen molar-refractivity contribution in [3.8, 4) is 5.75 Å². The van der Waals surface area contributed by atoms with Gasteiger partial charge in [0.15, 0.2) is 0 Å². The maximum Gasteiger partial charge on any atom is 0.272 e. The standard InChI is InChI=1S/C24H19N3O2/c28-24(20-8-4-14-25-16-20)27-26-15-18-10-12-22(13-11-18)29-17-21-7-3-6-19-5-1-2-9-23(19)21/h1-16H,17H2,(H,27,28)/b26-15+. The lowest BCUT2D eigenvalue weighted by Gasteiger charge is -2.09. The number of hydrogen-bond acceptors (Lipinski definition) is 4. The van der Waals surface area contributed by atoms with Gasteiger partial charge in [0.1, 0.15) is 12.4 Å². The molecular weight excluding hydrogens is 362 g/mol. The fourth-order valence-corrected chi connectivity index (χ4v) is 2.96. The van der Waals surface area contributed by atoms with E-state index in [-0.39, 0.29) is 5.91 Å². The van der Waals surface area contributed by atoms with Crippen molar-refractivity contribution in [1.82, 2.24) is 10.4 Å². The zero-order valence-corrected chi connectivity index (χ0v) is 15.7. The van der Waals surface area contributed by atoms with Crippen LogP contribution >= 0.6 is 0 Å². The van der Waals surface area contributed by atoms with Crippen LogP contribution in [0, 0.1) is 0 Å². The van der Waals surface area contributed by atoms with Crippen LogP contribution < -0.4 is 10.2 Å². The molecule has 29 heavy (non-hydrogen) atoms. The van der Waals surface area contributed by atoms with Gasteiger partial charge < -0.3 is 4.74 Å². The summed E-state index contributed by atoms with van der Waals surface area (Å²) in [6, 6.07) is 25.4. The summed E-state index contributed by atoms with van der Waals surface area (Å²) in [4.78, 5) is 15.8. The number of ether oxygens (including phenoxy) is 1. The lowest BCUT2D eigenvalue weighted by Crippen LogP contribution is -2.17. The van der Waals surface area contributed by atoms with E-state index in [1.165, 1.54) is 17.0 Å². The number of hydrazone groups is 1. The number of carbonyl (C=O) groups excluding carboxylic acids is 1. The first kappa shape index (κ1) is 18.4. The molecule has 1 amide bonds. The molecule has 0 bridgehead atoms. The van der Waals surface area contributed by atoms with Crippen LogP contribution in [0.2, 0.25) is 0 Å². The van der Waals surface area contributed by atoms with Crippen molar-refractivity contribution in [3.63, 3.8) is 0 Å². The van der Waals surface area contributed by atoms with Gasteiger partial charge >= 0.3 is 0 Å². The molecule has 0 atom stereocenters. The molecule has 142 valence electrons. The Kier molecular flexibility index (Phi) is 5.58. The van der Waals surface area contributed by atoms with E-state index in [1.54, 1.807) is 24.5 Å². The van der Waals surface area contributed by atoms with Gasteiger partial charge in [-0.2, -0.15) is 5.10 Å². The Labute approximate surface area is 168 Å². The van der Waals surface area contributed by atoms with Gasteiger partial charge in [0.2, 0.25) is 0 Å². The smallest absolute Gasteiger partial charge is 0.272 e. The summed E-state index contributed by atoms with van der Waals surface area (Å²) in [6.45, 7) is 0.496. The minimum Gasteiger partial charge on any atom is -0.489 e. The molecule has 3 aromatic carbocycles. The highest BCUT2D eigenvalue weighted by atomic mass is 16.5. The van der Waals surface area contributed by atoms with Gasteiger partial charge in [0, 0.05) is 12.4 Å². The molecule has 0 radical (unpaired) electrons. The fourth-order valence-electron chi connectivity index (χ4n) is 2.96. The van der Waals surface area contributed by atoms with E-state index in [1.807, 2.05) is 42.5 Å². The molecule has 0 aliphatic carbocycles. The van der Waals surface area contributed by atoms with E-state index >= 15 is 0 Å². The molecule has 4 aromatic rings. The van der Waals surface area contributed by atoms with Crippen LogP contribution in [0.15, 0.2) is 96.4 Å². The highest BCUT2D eigenvalue weighted by Crippen LogP contribution is 2.20. The number of carbonyl (C=O) groups is 1. The van der Waals surface area contributed by atoms with Crippen LogP contribution in [-0.4, -0.2) is 17.1 Å². The Bertz CT molecular complexity index is 1130. The molecule has 0 saturated carbocycles. The van der Waals surface area contributed by atoms with Gasteiger partial charge in [0.05, 0.1) is 11.8 Å². The van der Waals surface area contributed by atoms with Crippen molar-refractivity contribution in [2.75, 3.05) is 0 Å². The number of nitrogens with zero attached hydrogens (tertiary/aromatic N) is 2. The number of aromatic nitrogens is 1. The van der Waals surface area contributed by atoms with E-state index < -0.39 is 0 Å². The highest BCUT2D eigenvalue weighted by molar-refractivity contribution is 5.94. The van der Waals surface area contributed by atoms with Crippen LogP contribution in [0.25, 0.3) is 10.8 Å². The molecule has 0 fully saturated rings. The minimum atomic E-state index is -0.301. The number of rotatable bonds is 6. The molecular formula is C24H19N3O2. The van der Waals surface area contributed by atoms with Gasteiger partial charge in [-0.05, 0) is 58.3 Å². The first-order valence-corrected chi connectivity index (χ1v) is 9.22. The number of hydrogen-bond donors (Lipinski definition) is 1. The molecule has 0 aliphatic rings. The third kappa shape index (κ3) is 4.65. The van der Waals surface area contributed by atoms with Crippen molar-refractivity contribution < 1.29 is 9.53 Å². The molecule has 1 heterocycles. The summed E-state index contributed by atoms with van der Waals surface area (Å²) in [6.07, 6.45) is 4.69. The van der Waals surface area contributed by atoms with E-state index in [2.05, 4.69) is 39.8 Å². The Morgan fingerprint density at radius 1 is 0.966 bits per heavy atom. The van der Waals surface area contributed by atoms with Gasteiger partial charge in [-0.3, -0.25) is 9.78 Å². The van der Waals surface area contributed by atoms with Crippen LogP contribution in [0.5, 0.6) is 5.75 Å². The van der Waals surface area contributed by atoms with Crippen molar-refractivity contribution in [1.29, 1.82) is 0 Å². The lowest BCUT2D eigenvalue weighted by atomic mass is 10.1. The molecule has 0 unspecified atom stereocenters. The number of amides is 1. The Morgan fingerprint density at radius 3 is 2.62 bits per heavy atom. The van der Waals surface area contributed by atoms with E-state index in [0.29, 0.717) is 12.2 Å². The SMILES string of the molecule is O=C(N/N=C/c1ccc(OCc2cccc3ccccc23)cc1)c1cccnc1. The average molecular weight is 381 g/mol. The number of benzene rings is 3. The normalized spacial score (nSPS) is 10.9. The number of nitrogens with one attached hydrogen (secondary N) is 1. The second kappa shape index (κ2) is 8.80. The van der Waals surface area contributed by atoms with E-state index in [0.717, 1.165) is 16.9 Å². The minimum absolute atomic E-state index is 0.301. The Hall–Kier alpha value is -3.99. The van der Waals surface area contributed by atoms with Gasteiger partial charge in [-0.25, -0.2) is 5.43 Å². The van der Waals surface area contributed by atoms with Gasteiger partial charge in [0.25, 0.3) is 5.91 Å². The average Bonchev–Trinajstić information content (AvgIpc) is 2.79. The lowest BCUT2D eigenvalue weighted by molar-refractivity contribution is 0.0955. The third-order valence-corrected chi connectivity index (χ3v) is 4.46. The zero-order valence-electron chi connectivity index (χ0n) is 15.7. The van der Waals surface area contributed by atoms with Crippen molar-refractivity contribution >= 4 is 22.9 Å². The summed E-state index contributed by atoms with van der Waals surface area (Å²) < 4.78 is 5.93. The summed E-state index contributed by atoms with van der Waals surface area (Å²) in [5.74, 6) is 0.471. The van der Waals surface area contributed by atoms with E-state index in [9.17, 15) is 4.79 Å². The summed E-state index contributed by atoms with van der Waals surface area (Å²) in [5, 5.41) is 6.38. The number of fused-ring (bicyclic) bond motifs is 1. The maximum atomic E-state index is 11.9. The largest absolute Gasteiger partial charge is 0.489 e. The predicted molar refractivity (Wildman–Crippen MR) is 114 cm³/mol. The first-order valence-electron chi connectivity index (χ1n) is 9.22. The molecule has 1 N–H and O–H groups in total. The summed E-state index contributed by atoms with van der Waals surface area (Å²) in [5.41, 5.74) is 4.95. The van der Waals surface area contributed by atoms with E-state index in [4.69, 9.17) is 4.74 Å². The summed E-state index contributed by atoms with van der Waals surface area (Å²) in [7, 11) is 0.